The predicted octanol–water partition coefficient (Wildman–Crippen LogP) is 2.68. The number of phenols is 2. The Morgan fingerprint density at radius 2 is 1.68 bits per heavy atom. The van der Waals surface area contributed by atoms with Crippen LogP contribution in [0, 0.1) is 6.92 Å². The van der Waals surface area contributed by atoms with Crippen LogP contribution in [0.5, 0.6) is 11.5 Å². The second-order valence-electron chi connectivity index (χ2n) is 4.37. The number of aromatic hydroxyl groups is 2. The summed E-state index contributed by atoms with van der Waals surface area (Å²) in [7, 11) is 1.62. The van der Waals surface area contributed by atoms with Crippen LogP contribution in [-0.4, -0.2) is 23.2 Å². The second-order valence-corrected chi connectivity index (χ2v) is 4.37. The maximum absolute atomic E-state index is 12.3. The fourth-order valence-corrected chi connectivity index (χ4v) is 1.77. The van der Waals surface area contributed by atoms with E-state index in [0.29, 0.717) is 0 Å². The van der Waals surface area contributed by atoms with Crippen molar-refractivity contribution in [1.82, 2.24) is 0 Å². The lowest BCUT2D eigenvalue weighted by atomic mass is 10.1. The summed E-state index contributed by atoms with van der Waals surface area (Å²) < 4.78 is 0. The number of para-hydroxylation sites is 1. The first-order chi connectivity index (χ1) is 9.00. The van der Waals surface area contributed by atoms with Gasteiger partial charge >= 0.3 is 0 Å². The Hall–Kier alpha value is -2.49. The van der Waals surface area contributed by atoms with Gasteiger partial charge in [0, 0.05) is 12.7 Å². The smallest absolute Gasteiger partial charge is 0.261 e. The van der Waals surface area contributed by atoms with Crippen molar-refractivity contribution < 1.29 is 15.0 Å². The summed E-state index contributed by atoms with van der Waals surface area (Å²) in [6.45, 7) is 1.96. The highest BCUT2D eigenvalue weighted by Gasteiger charge is 2.18. The molecule has 0 radical (unpaired) electrons. The van der Waals surface area contributed by atoms with Crippen LogP contribution >= 0.6 is 0 Å². The molecule has 0 saturated heterocycles. The van der Waals surface area contributed by atoms with Gasteiger partial charge in [-0.2, -0.15) is 0 Å². The van der Waals surface area contributed by atoms with Gasteiger partial charge in [0.2, 0.25) is 0 Å². The minimum Gasteiger partial charge on any atom is -0.504 e. The van der Waals surface area contributed by atoms with Crippen LogP contribution in [0.15, 0.2) is 42.5 Å². The number of phenolic OH excluding ortho intramolecular Hbond substituents is 2. The van der Waals surface area contributed by atoms with Crippen LogP contribution in [0.4, 0.5) is 5.69 Å². The minimum absolute atomic E-state index is 0.0723. The zero-order valence-corrected chi connectivity index (χ0v) is 10.8. The molecule has 98 valence electrons. The Morgan fingerprint density at radius 1 is 1.05 bits per heavy atom. The number of hydrogen-bond acceptors (Lipinski definition) is 3. The van der Waals surface area contributed by atoms with Gasteiger partial charge in [-0.15, -0.1) is 0 Å². The quantitative estimate of drug-likeness (QED) is 0.813. The molecule has 0 aliphatic rings. The molecule has 2 aromatic carbocycles. The molecule has 0 aliphatic heterocycles. The zero-order chi connectivity index (χ0) is 14.0. The van der Waals surface area contributed by atoms with E-state index in [9.17, 15) is 15.0 Å². The SMILES string of the molecule is Cc1ccc(N(C)C(=O)c2cccc(O)c2O)cc1. The third kappa shape index (κ3) is 2.52. The van der Waals surface area contributed by atoms with E-state index in [1.807, 2.05) is 31.2 Å². The molecule has 0 fully saturated rings. The fourth-order valence-electron chi connectivity index (χ4n) is 1.77. The van der Waals surface area contributed by atoms with Gasteiger partial charge in [-0.25, -0.2) is 0 Å². The predicted molar refractivity (Wildman–Crippen MR) is 73.7 cm³/mol. The van der Waals surface area contributed by atoms with E-state index in [1.165, 1.54) is 23.1 Å². The van der Waals surface area contributed by atoms with Crippen LogP contribution in [0.25, 0.3) is 0 Å². The van der Waals surface area contributed by atoms with Crippen molar-refractivity contribution in [2.75, 3.05) is 11.9 Å². The molecule has 0 saturated carbocycles. The summed E-state index contributed by atoms with van der Waals surface area (Å²) in [5, 5.41) is 19.1. The molecule has 2 N–H and O–H groups in total. The Kier molecular flexibility index (Phi) is 3.42. The van der Waals surface area contributed by atoms with E-state index in [1.54, 1.807) is 7.05 Å². The first-order valence-corrected chi connectivity index (χ1v) is 5.86. The van der Waals surface area contributed by atoms with Crippen LogP contribution in [0.2, 0.25) is 0 Å². The van der Waals surface area contributed by atoms with Gasteiger partial charge in [0.1, 0.15) is 0 Å². The second kappa shape index (κ2) is 5.02. The van der Waals surface area contributed by atoms with Gasteiger partial charge in [0.25, 0.3) is 5.91 Å². The van der Waals surface area contributed by atoms with Crippen molar-refractivity contribution >= 4 is 11.6 Å². The molecular weight excluding hydrogens is 242 g/mol. The van der Waals surface area contributed by atoms with E-state index >= 15 is 0 Å². The molecule has 2 aromatic rings. The van der Waals surface area contributed by atoms with Crippen LogP contribution in [-0.2, 0) is 0 Å². The molecule has 0 atom stereocenters. The largest absolute Gasteiger partial charge is 0.504 e. The van der Waals surface area contributed by atoms with Gasteiger partial charge in [-0.1, -0.05) is 23.8 Å². The number of nitrogens with zero attached hydrogens (tertiary/aromatic N) is 1. The lowest BCUT2D eigenvalue weighted by Gasteiger charge is -2.18. The Morgan fingerprint density at radius 3 is 2.32 bits per heavy atom. The molecular formula is C15H15NO3. The fraction of sp³-hybridized carbons (Fsp3) is 0.133. The van der Waals surface area contributed by atoms with Gasteiger partial charge in [-0.3, -0.25) is 4.79 Å². The third-order valence-corrected chi connectivity index (χ3v) is 2.97. The zero-order valence-electron chi connectivity index (χ0n) is 10.8. The molecule has 2 rings (SSSR count). The standard InChI is InChI=1S/C15H15NO3/c1-10-6-8-11(9-7-10)16(2)15(19)12-4-3-5-13(17)14(12)18/h3-9,17-18H,1-2H3. The Balaban J connectivity index is 2.33. The van der Waals surface area contributed by atoms with Crippen molar-refractivity contribution in [2.24, 2.45) is 0 Å². The van der Waals surface area contributed by atoms with Crippen molar-refractivity contribution in [2.45, 2.75) is 6.92 Å². The summed E-state index contributed by atoms with van der Waals surface area (Å²) in [6.07, 6.45) is 0. The highest BCUT2D eigenvalue weighted by atomic mass is 16.3. The van der Waals surface area contributed by atoms with E-state index < -0.39 is 5.75 Å². The van der Waals surface area contributed by atoms with Crippen molar-refractivity contribution in [3.05, 3.63) is 53.6 Å². The Bertz CT molecular complexity index is 605. The number of aryl methyl sites for hydroxylation is 1. The number of anilines is 1. The van der Waals surface area contributed by atoms with Crippen molar-refractivity contribution in [1.29, 1.82) is 0 Å². The maximum atomic E-state index is 12.3. The average molecular weight is 257 g/mol. The number of carbonyl (C=O) groups is 1. The summed E-state index contributed by atoms with van der Waals surface area (Å²) >= 11 is 0. The molecule has 0 spiro atoms. The number of benzene rings is 2. The van der Waals surface area contributed by atoms with Gasteiger partial charge in [-0.05, 0) is 31.2 Å². The normalized spacial score (nSPS) is 10.2. The molecule has 0 unspecified atom stereocenters. The van der Waals surface area contributed by atoms with Crippen LogP contribution < -0.4 is 4.90 Å². The molecule has 19 heavy (non-hydrogen) atoms. The topological polar surface area (TPSA) is 60.8 Å². The number of hydrogen-bond donors (Lipinski definition) is 2. The number of amides is 1. The van der Waals surface area contributed by atoms with Crippen molar-refractivity contribution in [3.63, 3.8) is 0 Å². The number of rotatable bonds is 2. The van der Waals surface area contributed by atoms with Crippen LogP contribution in [0.3, 0.4) is 0 Å². The lowest BCUT2D eigenvalue weighted by Crippen LogP contribution is -2.26. The average Bonchev–Trinajstić information content (AvgIpc) is 2.41. The molecule has 0 aromatic heterocycles. The van der Waals surface area contributed by atoms with E-state index in [-0.39, 0.29) is 17.2 Å². The van der Waals surface area contributed by atoms with Crippen molar-refractivity contribution in [3.8, 4) is 11.5 Å². The van der Waals surface area contributed by atoms with E-state index in [0.717, 1.165) is 11.3 Å². The molecule has 0 heterocycles. The molecule has 0 bridgehead atoms. The monoisotopic (exact) mass is 257 g/mol. The van der Waals surface area contributed by atoms with Crippen LogP contribution in [0.1, 0.15) is 15.9 Å². The maximum Gasteiger partial charge on any atom is 0.261 e. The Labute approximate surface area is 111 Å². The minimum atomic E-state index is -0.397. The number of carbonyl (C=O) groups excluding carboxylic acids is 1. The molecule has 4 heteroatoms. The summed E-state index contributed by atoms with van der Waals surface area (Å²) in [6, 6.07) is 11.8. The summed E-state index contributed by atoms with van der Waals surface area (Å²) in [5.41, 5.74) is 1.89. The third-order valence-electron chi connectivity index (χ3n) is 2.97. The van der Waals surface area contributed by atoms with Gasteiger partial charge < -0.3 is 15.1 Å². The highest BCUT2D eigenvalue weighted by Crippen LogP contribution is 2.29. The first-order valence-electron chi connectivity index (χ1n) is 5.86. The molecule has 4 nitrogen and oxygen atoms in total. The van der Waals surface area contributed by atoms with Gasteiger partial charge in [0.05, 0.1) is 5.56 Å². The summed E-state index contributed by atoms with van der Waals surface area (Å²) in [4.78, 5) is 13.7. The molecule has 0 aliphatic carbocycles. The van der Waals surface area contributed by atoms with E-state index in [4.69, 9.17) is 0 Å². The lowest BCUT2D eigenvalue weighted by molar-refractivity contribution is 0.0990. The first kappa shape index (κ1) is 13.0. The highest BCUT2D eigenvalue weighted by molar-refractivity contribution is 6.07. The molecule has 1 amide bonds. The summed E-state index contributed by atoms with van der Waals surface area (Å²) in [5.74, 6) is -1.08. The van der Waals surface area contributed by atoms with Gasteiger partial charge in [0.15, 0.2) is 11.5 Å². The van der Waals surface area contributed by atoms with E-state index in [2.05, 4.69) is 0 Å².